The number of carbonyl (C=O) groups is 3. The maximum absolute atomic E-state index is 12.5. The molecule has 0 atom stereocenters. The number of benzene rings is 2. The van der Waals surface area contributed by atoms with Crippen molar-refractivity contribution < 1.29 is 19.5 Å². The molecule has 2 aromatic carbocycles. The van der Waals surface area contributed by atoms with Crippen LogP contribution in [0.15, 0.2) is 47.4 Å². The molecule has 2 amide bonds. The molecule has 3 rings (SSSR count). The van der Waals surface area contributed by atoms with Gasteiger partial charge >= 0.3 is 0 Å². The van der Waals surface area contributed by atoms with Crippen molar-refractivity contribution in [3.63, 3.8) is 0 Å². The molecule has 1 heterocycles. The molecule has 0 aromatic heterocycles. The zero-order chi connectivity index (χ0) is 20.4. The van der Waals surface area contributed by atoms with Crippen LogP contribution in [0, 0.1) is 6.92 Å². The van der Waals surface area contributed by atoms with Crippen LogP contribution in [0.3, 0.4) is 0 Å². The van der Waals surface area contributed by atoms with Crippen molar-refractivity contribution in [1.82, 2.24) is 4.90 Å². The van der Waals surface area contributed by atoms with Crippen LogP contribution in [0.25, 0.3) is 6.08 Å². The summed E-state index contributed by atoms with van der Waals surface area (Å²) >= 11 is 6.33. The highest BCUT2D eigenvalue weighted by atomic mass is 32.2. The molecule has 1 aliphatic heterocycles. The molecule has 0 spiro atoms. The molecule has 28 heavy (non-hydrogen) atoms. The minimum atomic E-state index is -1.31. The van der Waals surface area contributed by atoms with Crippen molar-refractivity contribution in [3.05, 3.63) is 69.6 Å². The predicted octanol–water partition coefficient (Wildman–Crippen LogP) is 2.44. The highest BCUT2D eigenvalue weighted by Crippen LogP contribution is 2.31. The van der Waals surface area contributed by atoms with Gasteiger partial charge in [-0.3, -0.25) is 14.5 Å². The average Bonchev–Trinajstić information content (AvgIpc) is 2.90. The Bertz CT molecular complexity index is 1030. The van der Waals surface area contributed by atoms with Gasteiger partial charge in [-0.05, 0) is 47.9 Å². The van der Waals surface area contributed by atoms with Gasteiger partial charge in [0.2, 0.25) is 0 Å². The predicted molar refractivity (Wildman–Crippen MR) is 111 cm³/mol. The van der Waals surface area contributed by atoms with Crippen LogP contribution in [0.2, 0.25) is 0 Å². The van der Waals surface area contributed by atoms with E-state index in [0.717, 1.165) is 11.1 Å². The third-order valence-electron chi connectivity index (χ3n) is 4.18. The summed E-state index contributed by atoms with van der Waals surface area (Å²) in [5, 5.41) is 13.7. The van der Waals surface area contributed by atoms with E-state index in [1.807, 2.05) is 0 Å². The summed E-state index contributed by atoms with van der Waals surface area (Å²) < 4.78 is 0.501. The van der Waals surface area contributed by atoms with E-state index in [4.69, 9.17) is 12.2 Å². The van der Waals surface area contributed by atoms with Gasteiger partial charge in [-0.2, -0.15) is 0 Å². The first kappa shape index (κ1) is 19.8. The lowest BCUT2D eigenvalue weighted by atomic mass is 10.1. The minimum Gasteiger partial charge on any atom is -0.545 e. The number of hydrogen-bond donors (Lipinski definition) is 1. The van der Waals surface area contributed by atoms with E-state index >= 15 is 0 Å². The van der Waals surface area contributed by atoms with E-state index in [-0.39, 0.29) is 17.4 Å². The highest BCUT2D eigenvalue weighted by Gasteiger charge is 2.28. The first-order valence-electron chi connectivity index (χ1n) is 8.21. The SMILES string of the molecule is Cc1ccc(C(=O)[O-])cc1NC(=O)c1ccc(/C=C2/SC(=S)N(C)C2=O)cc1. The minimum absolute atomic E-state index is 0.00974. The Hall–Kier alpha value is -2.97. The first-order valence-corrected chi connectivity index (χ1v) is 9.43. The van der Waals surface area contributed by atoms with E-state index in [9.17, 15) is 19.5 Å². The summed E-state index contributed by atoms with van der Waals surface area (Å²) in [6, 6.07) is 11.1. The number of nitrogens with zero attached hydrogens (tertiary/aromatic N) is 1. The number of anilines is 1. The topological polar surface area (TPSA) is 89.5 Å². The monoisotopic (exact) mass is 411 g/mol. The molecule has 1 aliphatic rings. The van der Waals surface area contributed by atoms with Gasteiger partial charge in [0.25, 0.3) is 11.8 Å². The molecule has 0 unspecified atom stereocenters. The second kappa shape index (κ2) is 7.95. The number of aryl methyl sites for hydroxylation is 1. The fraction of sp³-hybridized carbons (Fsp3) is 0.100. The van der Waals surface area contributed by atoms with E-state index in [1.54, 1.807) is 50.4 Å². The molecule has 0 aliphatic carbocycles. The van der Waals surface area contributed by atoms with Gasteiger partial charge in [-0.15, -0.1) is 0 Å². The Balaban J connectivity index is 1.76. The molecule has 0 radical (unpaired) electrons. The number of amides is 2. The molecule has 0 saturated carbocycles. The normalized spacial score (nSPS) is 15.2. The molecule has 0 bridgehead atoms. The molecule has 8 heteroatoms. The number of nitrogens with one attached hydrogen (secondary N) is 1. The van der Waals surface area contributed by atoms with Gasteiger partial charge in [0.05, 0.1) is 10.9 Å². The zero-order valence-electron chi connectivity index (χ0n) is 15.0. The number of rotatable bonds is 4. The van der Waals surface area contributed by atoms with Crippen LogP contribution in [0.1, 0.15) is 31.8 Å². The molecule has 142 valence electrons. The molecule has 1 fully saturated rings. The van der Waals surface area contributed by atoms with E-state index in [2.05, 4.69) is 5.32 Å². The van der Waals surface area contributed by atoms with Crippen LogP contribution in [0.4, 0.5) is 5.69 Å². The third-order valence-corrected chi connectivity index (χ3v) is 5.66. The number of thiocarbonyl (C=S) groups is 1. The Morgan fingerprint density at radius 2 is 1.79 bits per heavy atom. The maximum Gasteiger partial charge on any atom is 0.265 e. The lowest BCUT2D eigenvalue weighted by Gasteiger charge is -2.11. The van der Waals surface area contributed by atoms with Crippen molar-refractivity contribution in [2.45, 2.75) is 6.92 Å². The standard InChI is InChI=1S/C20H16N2O4S2/c1-11-3-6-14(19(25)26)10-15(11)21-17(23)13-7-4-12(5-8-13)9-16-18(24)22(2)20(27)28-16/h3-10H,1-2H3,(H,21,23)(H,25,26)/p-1/b16-9+. The Kier molecular flexibility index (Phi) is 5.62. The molecular weight excluding hydrogens is 396 g/mol. The van der Waals surface area contributed by atoms with Gasteiger partial charge in [0.1, 0.15) is 4.32 Å². The summed E-state index contributed by atoms with van der Waals surface area (Å²) in [5.74, 6) is -1.83. The fourth-order valence-corrected chi connectivity index (χ4v) is 3.69. The summed E-state index contributed by atoms with van der Waals surface area (Å²) in [5.41, 5.74) is 2.29. The maximum atomic E-state index is 12.5. The van der Waals surface area contributed by atoms with E-state index in [1.165, 1.54) is 28.8 Å². The smallest absolute Gasteiger partial charge is 0.265 e. The summed E-state index contributed by atoms with van der Waals surface area (Å²) in [6.45, 7) is 1.77. The van der Waals surface area contributed by atoms with E-state index < -0.39 is 5.97 Å². The third kappa shape index (κ3) is 4.13. The highest BCUT2D eigenvalue weighted by molar-refractivity contribution is 8.26. The molecule has 6 nitrogen and oxygen atoms in total. The van der Waals surface area contributed by atoms with Crippen LogP contribution < -0.4 is 10.4 Å². The molecule has 1 saturated heterocycles. The number of hydrogen-bond acceptors (Lipinski definition) is 6. The van der Waals surface area contributed by atoms with Gasteiger partial charge < -0.3 is 15.2 Å². The van der Waals surface area contributed by atoms with Gasteiger partial charge in [-0.25, -0.2) is 0 Å². The van der Waals surface area contributed by atoms with Crippen LogP contribution in [-0.2, 0) is 4.79 Å². The molecule has 1 N–H and O–H groups in total. The molecular formula is C20H15N2O4S2-. The van der Waals surface area contributed by atoms with Crippen LogP contribution in [-0.4, -0.2) is 34.1 Å². The summed E-state index contributed by atoms with van der Waals surface area (Å²) in [4.78, 5) is 37.5. The number of likely N-dealkylation sites (N-methyl/N-ethyl adjacent to an activating group) is 1. The van der Waals surface area contributed by atoms with Gasteiger partial charge in [0.15, 0.2) is 0 Å². The van der Waals surface area contributed by atoms with Crippen molar-refractivity contribution in [2.75, 3.05) is 12.4 Å². The Morgan fingerprint density at radius 1 is 1.14 bits per heavy atom. The van der Waals surface area contributed by atoms with Gasteiger partial charge in [-0.1, -0.05) is 48.2 Å². The second-order valence-electron chi connectivity index (χ2n) is 6.13. The quantitative estimate of drug-likeness (QED) is 0.614. The van der Waals surface area contributed by atoms with Crippen molar-refractivity contribution in [3.8, 4) is 0 Å². The Morgan fingerprint density at radius 3 is 2.36 bits per heavy atom. The van der Waals surface area contributed by atoms with Crippen LogP contribution >= 0.6 is 24.0 Å². The van der Waals surface area contributed by atoms with Crippen molar-refractivity contribution in [2.24, 2.45) is 0 Å². The number of carboxylic acids is 1. The van der Waals surface area contributed by atoms with Gasteiger partial charge in [0, 0.05) is 18.3 Å². The zero-order valence-corrected chi connectivity index (χ0v) is 16.6. The van der Waals surface area contributed by atoms with Crippen molar-refractivity contribution in [1.29, 1.82) is 0 Å². The number of thioether (sulfide) groups is 1. The fourth-order valence-electron chi connectivity index (χ4n) is 2.51. The Labute approximate surface area is 171 Å². The lowest BCUT2D eigenvalue weighted by Crippen LogP contribution is -2.22. The second-order valence-corrected chi connectivity index (χ2v) is 7.81. The first-order chi connectivity index (χ1) is 13.3. The number of carbonyl (C=O) groups excluding carboxylic acids is 3. The van der Waals surface area contributed by atoms with Crippen molar-refractivity contribution >= 4 is 57.8 Å². The summed E-state index contributed by atoms with van der Waals surface area (Å²) in [7, 11) is 1.63. The lowest BCUT2D eigenvalue weighted by molar-refractivity contribution is -0.255. The summed E-state index contributed by atoms with van der Waals surface area (Å²) in [6.07, 6.45) is 1.72. The van der Waals surface area contributed by atoms with Crippen LogP contribution in [0.5, 0.6) is 0 Å². The largest absolute Gasteiger partial charge is 0.545 e. The number of aromatic carboxylic acids is 1. The molecule has 2 aromatic rings. The average molecular weight is 411 g/mol. The van der Waals surface area contributed by atoms with E-state index in [0.29, 0.717) is 20.5 Å². The number of carboxylic acid groups (broad SMARTS) is 1.